The molecule has 0 amide bonds. The van der Waals surface area contributed by atoms with Gasteiger partial charge < -0.3 is 5.11 Å². The van der Waals surface area contributed by atoms with Gasteiger partial charge >= 0.3 is 0 Å². The highest BCUT2D eigenvalue weighted by molar-refractivity contribution is 6.09. The minimum atomic E-state index is -0.432. The van der Waals surface area contributed by atoms with Gasteiger partial charge in [0.2, 0.25) is 5.88 Å². The molecule has 0 unspecified atom stereocenters. The molecular formula is C15H13NO3. The number of pyridine rings is 1. The average molecular weight is 255 g/mol. The molecule has 19 heavy (non-hydrogen) atoms. The lowest BCUT2D eigenvalue weighted by Crippen LogP contribution is -2.10. The fourth-order valence-corrected chi connectivity index (χ4v) is 1.80. The third-order valence-corrected chi connectivity index (χ3v) is 2.69. The van der Waals surface area contributed by atoms with E-state index in [1.165, 1.54) is 12.1 Å². The van der Waals surface area contributed by atoms with Gasteiger partial charge in [0.05, 0.1) is 5.56 Å². The first kappa shape index (κ1) is 12.8. The van der Waals surface area contributed by atoms with E-state index in [0.29, 0.717) is 5.56 Å². The molecule has 1 aromatic carbocycles. The highest BCUT2D eigenvalue weighted by Crippen LogP contribution is 2.17. The summed E-state index contributed by atoms with van der Waals surface area (Å²) in [6.07, 6.45) is 3.03. The fraction of sp³-hybridized carbons (Fsp3) is 0.0667. The Morgan fingerprint density at radius 2 is 1.95 bits per heavy atom. The zero-order valence-corrected chi connectivity index (χ0v) is 10.4. The highest BCUT2D eigenvalue weighted by atomic mass is 16.3. The number of aryl methyl sites for hydroxylation is 1. The summed E-state index contributed by atoms with van der Waals surface area (Å²) >= 11 is 0. The normalized spacial score (nSPS) is 10.8. The van der Waals surface area contributed by atoms with Crippen LogP contribution in [0.1, 0.15) is 21.5 Å². The van der Waals surface area contributed by atoms with E-state index < -0.39 is 11.4 Å². The summed E-state index contributed by atoms with van der Waals surface area (Å²) in [6.45, 7) is 1.61. The standard InChI is InChI=1S/C15H13NO3/c1-10-9-13(18)16-15(19)14(10)12(17)8-7-11-5-3-2-4-6-11/h2-9H,1H3,(H2,16,18,19)/b8-7-. The second-order valence-electron chi connectivity index (χ2n) is 4.15. The van der Waals surface area contributed by atoms with Crippen LogP contribution in [0.4, 0.5) is 0 Å². The van der Waals surface area contributed by atoms with Gasteiger partial charge in [-0.2, -0.15) is 0 Å². The van der Waals surface area contributed by atoms with Crippen molar-refractivity contribution in [3.63, 3.8) is 0 Å². The summed E-state index contributed by atoms with van der Waals surface area (Å²) in [4.78, 5) is 25.3. The van der Waals surface area contributed by atoms with E-state index in [4.69, 9.17) is 0 Å². The first-order valence-corrected chi connectivity index (χ1v) is 5.78. The van der Waals surface area contributed by atoms with Crippen molar-refractivity contribution in [3.05, 3.63) is 69.5 Å². The van der Waals surface area contributed by atoms with Crippen LogP contribution in [-0.4, -0.2) is 15.9 Å². The molecule has 1 aromatic heterocycles. The number of carbonyl (C=O) groups is 1. The molecule has 96 valence electrons. The predicted molar refractivity (Wildman–Crippen MR) is 73.3 cm³/mol. The Hall–Kier alpha value is -2.62. The number of aromatic amines is 1. The van der Waals surface area contributed by atoms with Crippen LogP contribution in [0.5, 0.6) is 5.88 Å². The quantitative estimate of drug-likeness (QED) is 0.653. The molecule has 0 aliphatic carbocycles. The van der Waals surface area contributed by atoms with Gasteiger partial charge in [-0.3, -0.25) is 14.6 Å². The molecule has 0 atom stereocenters. The average Bonchev–Trinajstić information content (AvgIpc) is 2.36. The SMILES string of the molecule is Cc1cc(=O)[nH]c(O)c1C(=O)/C=C\c1ccccc1. The van der Waals surface area contributed by atoms with Gasteiger partial charge in [0.15, 0.2) is 5.78 Å². The van der Waals surface area contributed by atoms with Gasteiger partial charge in [0.1, 0.15) is 0 Å². The third-order valence-electron chi connectivity index (χ3n) is 2.69. The van der Waals surface area contributed by atoms with Crippen LogP contribution >= 0.6 is 0 Å². The van der Waals surface area contributed by atoms with Gasteiger partial charge in [-0.25, -0.2) is 0 Å². The molecule has 2 N–H and O–H groups in total. The second kappa shape index (κ2) is 5.35. The van der Waals surface area contributed by atoms with Crippen molar-refractivity contribution >= 4 is 11.9 Å². The molecule has 1 heterocycles. The number of H-pyrrole nitrogens is 1. The van der Waals surface area contributed by atoms with Crippen LogP contribution in [0.2, 0.25) is 0 Å². The molecule has 0 aliphatic rings. The summed E-state index contributed by atoms with van der Waals surface area (Å²) in [7, 11) is 0. The van der Waals surface area contributed by atoms with E-state index in [1.54, 1.807) is 13.0 Å². The van der Waals surface area contributed by atoms with Crippen LogP contribution < -0.4 is 5.56 Å². The largest absolute Gasteiger partial charge is 0.494 e. The van der Waals surface area contributed by atoms with E-state index in [1.807, 2.05) is 30.3 Å². The molecule has 2 rings (SSSR count). The Kier molecular flexibility index (Phi) is 3.61. The van der Waals surface area contributed by atoms with Crippen molar-refractivity contribution in [3.8, 4) is 5.88 Å². The summed E-state index contributed by atoms with van der Waals surface area (Å²) in [5.74, 6) is -0.747. The summed E-state index contributed by atoms with van der Waals surface area (Å²) in [5, 5.41) is 9.63. The molecule has 0 saturated carbocycles. The summed E-state index contributed by atoms with van der Waals surface area (Å²) in [6, 6.07) is 10.6. The monoisotopic (exact) mass is 255 g/mol. The molecule has 0 saturated heterocycles. The van der Waals surface area contributed by atoms with Crippen LogP contribution in [-0.2, 0) is 0 Å². The van der Waals surface area contributed by atoms with Crippen molar-refractivity contribution in [1.29, 1.82) is 0 Å². The maximum absolute atomic E-state index is 12.0. The van der Waals surface area contributed by atoms with Crippen molar-refractivity contribution in [2.24, 2.45) is 0 Å². The first-order valence-electron chi connectivity index (χ1n) is 5.78. The topological polar surface area (TPSA) is 70.2 Å². The number of allylic oxidation sites excluding steroid dienone is 1. The van der Waals surface area contributed by atoms with Crippen molar-refractivity contribution in [2.75, 3.05) is 0 Å². The number of hydrogen-bond acceptors (Lipinski definition) is 3. The van der Waals surface area contributed by atoms with Gasteiger partial charge in [-0.05, 0) is 24.1 Å². The number of aromatic nitrogens is 1. The molecule has 4 nitrogen and oxygen atoms in total. The maximum Gasteiger partial charge on any atom is 0.250 e. The van der Waals surface area contributed by atoms with Crippen LogP contribution in [0.3, 0.4) is 0 Å². The zero-order chi connectivity index (χ0) is 13.8. The molecule has 0 bridgehead atoms. The van der Waals surface area contributed by atoms with E-state index in [0.717, 1.165) is 5.56 Å². The highest BCUT2D eigenvalue weighted by Gasteiger charge is 2.12. The Morgan fingerprint density at radius 1 is 1.26 bits per heavy atom. The molecule has 4 heteroatoms. The van der Waals surface area contributed by atoms with E-state index in [-0.39, 0.29) is 11.3 Å². The maximum atomic E-state index is 12.0. The van der Waals surface area contributed by atoms with Gasteiger partial charge in [-0.1, -0.05) is 36.4 Å². The van der Waals surface area contributed by atoms with Crippen molar-refractivity contribution in [2.45, 2.75) is 6.92 Å². The second-order valence-corrected chi connectivity index (χ2v) is 4.15. The first-order chi connectivity index (χ1) is 9.08. The zero-order valence-electron chi connectivity index (χ0n) is 10.4. The number of hydrogen-bond donors (Lipinski definition) is 2. The lowest BCUT2D eigenvalue weighted by Gasteiger charge is -2.03. The molecule has 0 fully saturated rings. The van der Waals surface area contributed by atoms with Gasteiger partial charge in [0.25, 0.3) is 5.56 Å². The number of benzene rings is 1. The minimum absolute atomic E-state index is 0.117. The molecular weight excluding hydrogens is 242 g/mol. The van der Waals surface area contributed by atoms with Crippen LogP contribution in [0.25, 0.3) is 6.08 Å². The number of carbonyl (C=O) groups excluding carboxylic acids is 1. The number of aromatic hydroxyl groups is 1. The van der Waals surface area contributed by atoms with Gasteiger partial charge in [0, 0.05) is 6.07 Å². The minimum Gasteiger partial charge on any atom is -0.494 e. The lowest BCUT2D eigenvalue weighted by atomic mass is 10.1. The molecule has 2 aromatic rings. The lowest BCUT2D eigenvalue weighted by molar-refractivity contribution is 0.104. The smallest absolute Gasteiger partial charge is 0.250 e. The predicted octanol–water partition coefficient (Wildman–Crippen LogP) is 2.29. The Morgan fingerprint density at radius 3 is 2.58 bits per heavy atom. The fourth-order valence-electron chi connectivity index (χ4n) is 1.80. The van der Waals surface area contributed by atoms with Crippen molar-refractivity contribution in [1.82, 2.24) is 4.98 Å². The molecule has 0 aliphatic heterocycles. The Bertz CT molecular complexity index is 658. The third kappa shape index (κ3) is 2.98. The van der Waals surface area contributed by atoms with E-state index >= 15 is 0 Å². The van der Waals surface area contributed by atoms with Gasteiger partial charge in [-0.15, -0.1) is 0 Å². The Balaban J connectivity index is 2.31. The molecule has 0 radical (unpaired) electrons. The van der Waals surface area contributed by atoms with Crippen LogP contribution in [0.15, 0.2) is 47.3 Å². The number of rotatable bonds is 3. The number of nitrogens with one attached hydrogen (secondary N) is 1. The Labute approximate surface area is 110 Å². The summed E-state index contributed by atoms with van der Waals surface area (Å²) in [5.41, 5.74) is 1.02. The number of ketones is 1. The van der Waals surface area contributed by atoms with Crippen molar-refractivity contribution < 1.29 is 9.90 Å². The van der Waals surface area contributed by atoms with E-state index in [9.17, 15) is 14.7 Å². The van der Waals surface area contributed by atoms with Crippen LogP contribution in [0, 0.1) is 6.92 Å². The summed E-state index contributed by atoms with van der Waals surface area (Å²) < 4.78 is 0. The van der Waals surface area contributed by atoms with E-state index in [2.05, 4.69) is 4.98 Å². The molecule has 0 spiro atoms.